The van der Waals surface area contributed by atoms with Gasteiger partial charge in [0.25, 0.3) is 11.8 Å². The Morgan fingerprint density at radius 1 is 1.13 bits per heavy atom. The van der Waals surface area contributed by atoms with Gasteiger partial charge in [0.15, 0.2) is 0 Å². The van der Waals surface area contributed by atoms with Crippen molar-refractivity contribution in [2.45, 2.75) is 25.4 Å². The highest BCUT2D eigenvalue weighted by atomic mass is 16.5. The maximum atomic E-state index is 12.8. The van der Waals surface area contributed by atoms with Crippen LogP contribution in [0.4, 0.5) is 5.82 Å². The van der Waals surface area contributed by atoms with E-state index in [1.165, 1.54) is 0 Å². The molecule has 0 radical (unpaired) electrons. The van der Waals surface area contributed by atoms with Crippen molar-refractivity contribution in [3.63, 3.8) is 0 Å². The topological polar surface area (TPSA) is 144 Å². The number of carbonyl (C=O) groups excluding carboxylic acids is 4. The number of piperidine rings is 1. The van der Waals surface area contributed by atoms with Gasteiger partial charge in [0, 0.05) is 31.8 Å². The highest BCUT2D eigenvalue weighted by Gasteiger charge is 2.44. The number of nitrogens with zero attached hydrogens (tertiary/aromatic N) is 2. The molecular formula is C21H21N5O5. The number of benzene rings is 1. The smallest absolute Gasteiger partial charge is 0.262 e. The molecule has 4 amide bonds. The molecule has 0 aliphatic carbocycles. The van der Waals surface area contributed by atoms with Crippen LogP contribution in [0.1, 0.15) is 39.1 Å². The number of imide groups is 2. The molecule has 0 bridgehead atoms. The summed E-state index contributed by atoms with van der Waals surface area (Å²) < 4.78 is 5.58. The van der Waals surface area contributed by atoms with Gasteiger partial charge in [-0.2, -0.15) is 0 Å². The molecule has 10 heteroatoms. The Kier molecular flexibility index (Phi) is 5.63. The van der Waals surface area contributed by atoms with E-state index in [1.54, 1.807) is 36.5 Å². The first kappa shape index (κ1) is 20.5. The van der Waals surface area contributed by atoms with E-state index in [0.717, 1.165) is 10.5 Å². The van der Waals surface area contributed by atoms with Crippen molar-refractivity contribution in [2.24, 2.45) is 0 Å². The van der Waals surface area contributed by atoms with Crippen LogP contribution >= 0.6 is 0 Å². The number of rotatable bonds is 7. The van der Waals surface area contributed by atoms with E-state index in [2.05, 4.69) is 15.6 Å². The molecule has 1 atom stereocenters. The maximum Gasteiger partial charge on any atom is 0.262 e. The molecular weight excluding hydrogens is 402 g/mol. The first-order valence-electron chi connectivity index (χ1n) is 9.83. The molecule has 1 unspecified atom stereocenters. The summed E-state index contributed by atoms with van der Waals surface area (Å²) in [4.78, 5) is 53.9. The molecule has 4 rings (SSSR count). The lowest BCUT2D eigenvalue weighted by Crippen LogP contribution is -2.54. The van der Waals surface area contributed by atoms with Crippen LogP contribution in [-0.2, 0) is 16.1 Å². The van der Waals surface area contributed by atoms with Crippen LogP contribution < -0.4 is 21.1 Å². The minimum Gasteiger partial charge on any atom is -0.492 e. The molecule has 160 valence electrons. The first-order chi connectivity index (χ1) is 14.9. The number of nitrogens with one attached hydrogen (secondary N) is 2. The number of anilines is 1. The van der Waals surface area contributed by atoms with Gasteiger partial charge in [-0.3, -0.25) is 29.4 Å². The molecule has 3 heterocycles. The number of carbonyl (C=O) groups is 4. The fourth-order valence-electron chi connectivity index (χ4n) is 3.62. The molecule has 2 aliphatic rings. The lowest BCUT2D eigenvalue weighted by Gasteiger charge is -2.27. The van der Waals surface area contributed by atoms with Crippen molar-refractivity contribution in [1.82, 2.24) is 20.5 Å². The lowest BCUT2D eigenvalue weighted by atomic mass is 10.0. The average molecular weight is 423 g/mol. The summed E-state index contributed by atoms with van der Waals surface area (Å²) in [5.74, 6) is -1.04. The lowest BCUT2D eigenvalue weighted by molar-refractivity contribution is -0.136. The van der Waals surface area contributed by atoms with Gasteiger partial charge in [0.05, 0.1) is 11.1 Å². The van der Waals surface area contributed by atoms with Crippen molar-refractivity contribution < 1.29 is 23.9 Å². The Labute approximate surface area is 177 Å². The highest BCUT2D eigenvalue weighted by Crippen LogP contribution is 2.28. The van der Waals surface area contributed by atoms with Crippen molar-refractivity contribution >= 4 is 29.4 Å². The minimum atomic E-state index is -0.967. The Morgan fingerprint density at radius 3 is 2.71 bits per heavy atom. The summed E-state index contributed by atoms with van der Waals surface area (Å²) in [7, 11) is 0. The number of amides is 4. The summed E-state index contributed by atoms with van der Waals surface area (Å²) in [6.07, 6.45) is 1.79. The van der Waals surface area contributed by atoms with Gasteiger partial charge in [-0.15, -0.1) is 0 Å². The third-order valence-electron chi connectivity index (χ3n) is 5.13. The van der Waals surface area contributed by atoms with Crippen LogP contribution in [0.2, 0.25) is 0 Å². The Hall–Kier alpha value is -3.79. The van der Waals surface area contributed by atoms with Gasteiger partial charge in [-0.25, -0.2) is 4.98 Å². The van der Waals surface area contributed by atoms with Gasteiger partial charge >= 0.3 is 0 Å². The van der Waals surface area contributed by atoms with E-state index in [0.29, 0.717) is 31.3 Å². The number of nitrogen functional groups attached to an aromatic ring is 1. The molecule has 31 heavy (non-hydrogen) atoms. The second kappa shape index (κ2) is 8.52. The normalized spacial score (nSPS) is 18.2. The molecule has 0 spiro atoms. The monoisotopic (exact) mass is 423 g/mol. The van der Waals surface area contributed by atoms with Crippen LogP contribution in [0.15, 0.2) is 36.5 Å². The third kappa shape index (κ3) is 4.24. The summed E-state index contributed by atoms with van der Waals surface area (Å²) >= 11 is 0. The largest absolute Gasteiger partial charge is 0.492 e. The Bertz CT molecular complexity index is 1070. The Morgan fingerprint density at radius 2 is 1.94 bits per heavy atom. The van der Waals surface area contributed by atoms with Crippen molar-refractivity contribution in [1.29, 1.82) is 0 Å². The number of hydrogen-bond donors (Lipinski definition) is 3. The quantitative estimate of drug-likeness (QED) is 0.424. The number of nitrogens with two attached hydrogens (primary N) is 1. The molecule has 1 aromatic carbocycles. The minimum absolute atomic E-state index is 0.0904. The van der Waals surface area contributed by atoms with E-state index >= 15 is 0 Å². The second-order valence-corrected chi connectivity index (χ2v) is 7.27. The van der Waals surface area contributed by atoms with Crippen molar-refractivity contribution in [3.05, 3.63) is 53.2 Å². The van der Waals surface area contributed by atoms with Crippen molar-refractivity contribution in [3.8, 4) is 5.75 Å². The van der Waals surface area contributed by atoms with Crippen LogP contribution in [0.25, 0.3) is 0 Å². The summed E-state index contributed by atoms with van der Waals surface area (Å²) in [5.41, 5.74) is 6.94. The van der Waals surface area contributed by atoms with E-state index in [1.807, 2.05) is 0 Å². The highest BCUT2D eigenvalue weighted by molar-refractivity contribution is 6.23. The molecule has 1 fully saturated rings. The number of aromatic nitrogens is 1. The van der Waals surface area contributed by atoms with Crippen LogP contribution in [0.5, 0.6) is 5.75 Å². The molecule has 2 aliphatic heterocycles. The van der Waals surface area contributed by atoms with E-state index in [9.17, 15) is 19.2 Å². The van der Waals surface area contributed by atoms with Crippen molar-refractivity contribution in [2.75, 3.05) is 18.9 Å². The summed E-state index contributed by atoms with van der Waals surface area (Å²) in [6.45, 7) is 1.43. The zero-order valence-corrected chi connectivity index (χ0v) is 16.6. The molecule has 2 aromatic rings. The van der Waals surface area contributed by atoms with Gasteiger partial charge < -0.3 is 15.8 Å². The van der Waals surface area contributed by atoms with Crippen LogP contribution in [0, 0.1) is 0 Å². The molecule has 0 saturated carbocycles. The second-order valence-electron chi connectivity index (χ2n) is 7.27. The van der Waals surface area contributed by atoms with Gasteiger partial charge in [-0.1, -0.05) is 6.07 Å². The van der Waals surface area contributed by atoms with Gasteiger partial charge in [0.1, 0.15) is 24.2 Å². The van der Waals surface area contributed by atoms with Crippen LogP contribution in [-0.4, -0.2) is 52.7 Å². The zero-order chi connectivity index (χ0) is 22.0. The van der Waals surface area contributed by atoms with Gasteiger partial charge in [-0.05, 0) is 30.2 Å². The first-order valence-corrected chi connectivity index (χ1v) is 9.83. The van der Waals surface area contributed by atoms with E-state index < -0.39 is 29.7 Å². The fraction of sp³-hybridized carbons (Fsp3) is 0.286. The predicted octanol–water partition coefficient (Wildman–Crippen LogP) is 0.234. The SMILES string of the molecule is Nc1cc(OCCNCc2ccc3c(c2)C(=O)N(C2CCC(=O)NC2=O)C3=O)ccn1. The molecule has 1 aromatic heterocycles. The summed E-state index contributed by atoms with van der Waals surface area (Å²) in [6, 6.07) is 7.39. The molecule has 1 saturated heterocycles. The number of hydrogen-bond acceptors (Lipinski definition) is 8. The molecule has 4 N–H and O–H groups in total. The van der Waals surface area contributed by atoms with E-state index in [4.69, 9.17) is 10.5 Å². The zero-order valence-electron chi connectivity index (χ0n) is 16.6. The number of ether oxygens (including phenoxy) is 1. The van der Waals surface area contributed by atoms with Crippen LogP contribution in [0.3, 0.4) is 0 Å². The molecule has 10 nitrogen and oxygen atoms in total. The Balaban J connectivity index is 1.35. The maximum absolute atomic E-state index is 12.8. The fourth-order valence-corrected chi connectivity index (χ4v) is 3.62. The average Bonchev–Trinajstić information content (AvgIpc) is 2.98. The number of pyridine rings is 1. The number of fused-ring (bicyclic) bond motifs is 1. The van der Waals surface area contributed by atoms with E-state index in [-0.39, 0.29) is 24.0 Å². The standard InChI is InChI=1S/C21H21N5O5/c22-17-10-13(5-6-24-17)31-8-7-23-11-12-1-2-14-15(9-12)21(30)26(20(14)29)16-3-4-18(27)25-19(16)28/h1-2,5-6,9-10,16,23H,3-4,7-8,11H2,(H2,22,24)(H,25,27,28). The predicted molar refractivity (Wildman–Crippen MR) is 109 cm³/mol. The third-order valence-corrected chi connectivity index (χ3v) is 5.13. The summed E-state index contributed by atoms with van der Waals surface area (Å²) in [5, 5.41) is 5.39. The van der Waals surface area contributed by atoms with Gasteiger partial charge in [0.2, 0.25) is 11.8 Å².